The van der Waals surface area contributed by atoms with E-state index in [1.165, 1.54) is 12.8 Å². The van der Waals surface area contributed by atoms with E-state index in [4.69, 9.17) is 10.5 Å². The van der Waals surface area contributed by atoms with Crippen LogP contribution in [0, 0.1) is 0 Å². The average Bonchev–Trinajstić information content (AvgIpc) is 2.67. The number of ether oxygens (including phenoxy) is 1. The van der Waals surface area contributed by atoms with Gasteiger partial charge in [-0.05, 0) is 12.8 Å². The lowest BCUT2D eigenvalue weighted by molar-refractivity contribution is 0.179. The average molecular weight is 144 g/mol. The van der Waals surface area contributed by atoms with Crippen LogP contribution in [0.4, 0.5) is 0 Å². The van der Waals surface area contributed by atoms with E-state index in [1.54, 1.807) is 7.11 Å². The van der Waals surface area contributed by atoms with Crippen LogP contribution in [0.1, 0.15) is 12.8 Å². The summed E-state index contributed by atoms with van der Waals surface area (Å²) in [6.07, 6.45) is 2.64. The second-order valence-corrected chi connectivity index (χ2v) is 2.90. The normalized spacial score (nSPS) is 21.0. The van der Waals surface area contributed by atoms with Gasteiger partial charge in [0.25, 0.3) is 0 Å². The number of hydrogen-bond acceptors (Lipinski definition) is 3. The Labute approximate surface area is 61.9 Å². The highest BCUT2D eigenvalue weighted by Gasteiger charge is 2.20. The van der Waals surface area contributed by atoms with Crippen molar-refractivity contribution in [1.29, 1.82) is 0 Å². The van der Waals surface area contributed by atoms with Gasteiger partial charge in [0.05, 0.1) is 6.61 Å². The topological polar surface area (TPSA) is 47.3 Å². The first-order valence-corrected chi connectivity index (χ1v) is 3.81. The smallest absolute Gasteiger partial charge is 0.0626 e. The van der Waals surface area contributed by atoms with Gasteiger partial charge in [0.2, 0.25) is 0 Å². The van der Waals surface area contributed by atoms with E-state index in [9.17, 15) is 0 Å². The third-order valence-electron chi connectivity index (χ3n) is 1.63. The Kier molecular flexibility index (Phi) is 3.12. The van der Waals surface area contributed by atoms with Crippen molar-refractivity contribution in [2.45, 2.75) is 24.9 Å². The molecule has 3 heteroatoms. The molecule has 3 nitrogen and oxygen atoms in total. The van der Waals surface area contributed by atoms with Crippen LogP contribution in [0.25, 0.3) is 0 Å². The zero-order valence-corrected chi connectivity index (χ0v) is 6.47. The van der Waals surface area contributed by atoms with E-state index < -0.39 is 0 Å². The summed E-state index contributed by atoms with van der Waals surface area (Å²) in [6, 6.07) is 0.911. The van der Waals surface area contributed by atoms with Gasteiger partial charge >= 0.3 is 0 Å². The van der Waals surface area contributed by atoms with Crippen molar-refractivity contribution in [3.05, 3.63) is 0 Å². The Bertz CT molecular complexity index is 93.6. The zero-order chi connectivity index (χ0) is 7.40. The Balaban J connectivity index is 1.89. The predicted molar refractivity (Wildman–Crippen MR) is 40.9 cm³/mol. The molecule has 0 aromatic rings. The SMILES string of the molecule is COCC(N)CNC1CC1. The van der Waals surface area contributed by atoms with Gasteiger partial charge in [-0.15, -0.1) is 0 Å². The summed E-state index contributed by atoms with van der Waals surface area (Å²) in [5, 5.41) is 3.34. The van der Waals surface area contributed by atoms with E-state index in [0.717, 1.165) is 12.6 Å². The van der Waals surface area contributed by atoms with Crippen LogP contribution in [-0.2, 0) is 4.74 Å². The van der Waals surface area contributed by atoms with Gasteiger partial charge in [0.1, 0.15) is 0 Å². The van der Waals surface area contributed by atoms with Crippen LogP contribution in [-0.4, -0.2) is 32.3 Å². The number of rotatable bonds is 5. The van der Waals surface area contributed by atoms with Crippen molar-refractivity contribution >= 4 is 0 Å². The summed E-state index contributed by atoms with van der Waals surface area (Å²) in [4.78, 5) is 0. The second kappa shape index (κ2) is 3.91. The fraction of sp³-hybridized carbons (Fsp3) is 1.00. The molecule has 1 rings (SSSR count). The first kappa shape index (κ1) is 7.98. The Morgan fingerprint density at radius 1 is 1.70 bits per heavy atom. The van der Waals surface area contributed by atoms with Crippen molar-refractivity contribution in [3.8, 4) is 0 Å². The molecule has 1 fully saturated rings. The molecule has 0 spiro atoms. The maximum atomic E-state index is 5.67. The molecule has 0 heterocycles. The van der Waals surface area contributed by atoms with Gasteiger partial charge in [0, 0.05) is 25.7 Å². The minimum atomic E-state index is 0.158. The molecule has 0 saturated heterocycles. The number of hydrogen-bond donors (Lipinski definition) is 2. The third-order valence-corrected chi connectivity index (χ3v) is 1.63. The van der Waals surface area contributed by atoms with Crippen molar-refractivity contribution < 1.29 is 4.74 Å². The quantitative estimate of drug-likeness (QED) is 0.557. The van der Waals surface area contributed by atoms with Crippen LogP contribution < -0.4 is 11.1 Å². The molecule has 3 N–H and O–H groups in total. The molecule has 1 atom stereocenters. The van der Waals surface area contributed by atoms with Crippen molar-refractivity contribution in [1.82, 2.24) is 5.32 Å². The van der Waals surface area contributed by atoms with Gasteiger partial charge < -0.3 is 15.8 Å². The summed E-state index contributed by atoms with van der Waals surface area (Å²) in [7, 11) is 1.68. The molecule has 10 heavy (non-hydrogen) atoms. The molecule has 1 aliphatic carbocycles. The molecule has 1 saturated carbocycles. The molecule has 0 aromatic carbocycles. The zero-order valence-electron chi connectivity index (χ0n) is 6.47. The van der Waals surface area contributed by atoms with Crippen LogP contribution in [0.2, 0.25) is 0 Å². The molecule has 60 valence electrons. The van der Waals surface area contributed by atoms with Crippen molar-refractivity contribution in [2.24, 2.45) is 5.73 Å². The molecule has 0 radical (unpaired) electrons. The van der Waals surface area contributed by atoms with E-state index in [-0.39, 0.29) is 6.04 Å². The van der Waals surface area contributed by atoms with Gasteiger partial charge in [-0.2, -0.15) is 0 Å². The van der Waals surface area contributed by atoms with Crippen LogP contribution in [0.3, 0.4) is 0 Å². The minimum absolute atomic E-state index is 0.158. The van der Waals surface area contributed by atoms with Gasteiger partial charge in [-0.3, -0.25) is 0 Å². The van der Waals surface area contributed by atoms with Gasteiger partial charge in [-0.25, -0.2) is 0 Å². The standard InChI is InChI=1S/C7H16N2O/c1-10-5-6(8)4-9-7-2-3-7/h6-7,9H,2-5,8H2,1H3. The fourth-order valence-electron chi connectivity index (χ4n) is 0.879. The third kappa shape index (κ3) is 3.15. The first-order chi connectivity index (χ1) is 4.83. The molecule has 1 unspecified atom stereocenters. The molecule has 1 aliphatic rings. The van der Waals surface area contributed by atoms with Crippen LogP contribution in [0.15, 0.2) is 0 Å². The van der Waals surface area contributed by atoms with E-state index in [2.05, 4.69) is 5.32 Å². The molecular weight excluding hydrogens is 128 g/mol. The monoisotopic (exact) mass is 144 g/mol. The summed E-state index contributed by atoms with van der Waals surface area (Å²) in [5.41, 5.74) is 5.67. The highest BCUT2D eigenvalue weighted by molar-refractivity contribution is 4.82. The molecule has 0 aromatic heterocycles. The maximum absolute atomic E-state index is 5.67. The summed E-state index contributed by atoms with van der Waals surface area (Å²) < 4.78 is 4.89. The van der Waals surface area contributed by atoms with Crippen molar-refractivity contribution in [3.63, 3.8) is 0 Å². The Hall–Kier alpha value is -0.120. The summed E-state index contributed by atoms with van der Waals surface area (Å²) in [5.74, 6) is 0. The highest BCUT2D eigenvalue weighted by atomic mass is 16.5. The molecule has 0 aliphatic heterocycles. The summed E-state index contributed by atoms with van der Waals surface area (Å²) >= 11 is 0. The second-order valence-electron chi connectivity index (χ2n) is 2.90. The number of nitrogens with two attached hydrogens (primary N) is 1. The highest BCUT2D eigenvalue weighted by Crippen LogP contribution is 2.18. The maximum Gasteiger partial charge on any atom is 0.0626 e. The lowest BCUT2D eigenvalue weighted by atomic mass is 10.3. The number of methoxy groups -OCH3 is 1. The molecule has 0 bridgehead atoms. The predicted octanol–water partition coefficient (Wildman–Crippen LogP) is -0.288. The number of nitrogens with one attached hydrogen (secondary N) is 1. The van der Waals surface area contributed by atoms with Crippen LogP contribution >= 0.6 is 0 Å². The summed E-state index contributed by atoms with van der Waals surface area (Å²) in [6.45, 7) is 1.54. The minimum Gasteiger partial charge on any atom is -0.383 e. The first-order valence-electron chi connectivity index (χ1n) is 3.81. The lowest BCUT2D eigenvalue weighted by Gasteiger charge is -2.10. The molecule has 0 amide bonds. The largest absolute Gasteiger partial charge is 0.383 e. The molecular formula is C7H16N2O. The Morgan fingerprint density at radius 3 is 2.90 bits per heavy atom. The van der Waals surface area contributed by atoms with E-state index >= 15 is 0 Å². The van der Waals surface area contributed by atoms with Crippen LogP contribution in [0.5, 0.6) is 0 Å². The van der Waals surface area contributed by atoms with Gasteiger partial charge in [0.15, 0.2) is 0 Å². The fourth-order valence-corrected chi connectivity index (χ4v) is 0.879. The van der Waals surface area contributed by atoms with Crippen molar-refractivity contribution in [2.75, 3.05) is 20.3 Å². The van der Waals surface area contributed by atoms with E-state index in [0.29, 0.717) is 6.61 Å². The lowest BCUT2D eigenvalue weighted by Crippen LogP contribution is -2.38. The van der Waals surface area contributed by atoms with E-state index in [1.807, 2.05) is 0 Å². The Morgan fingerprint density at radius 2 is 2.40 bits per heavy atom. The van der Waals surface area contributed by atoms with Gasteiger partial charge in [-0.1, -0.05) is 0 Å².